The highest BCUT2D eigenvalue weighted by Crippen LogP contribution is 2.21. The number of carbonyl (C=O) groups excluding carboxylic acids is 1. The molecular weight excluding hydrogens is 293 g/mol. The van der Waals surface area contributed by atoms with E-state index in [2.05, 4.69) is 5.32 Å². The molecule has 2 heterocycles. The number of nitrogens with one attached hydrogen (secondary N) is 1. The first-order chi connectivity index (χ1) is 11.1. The zero-order chi connectivity index (χ0) is 16.2. The topological polar surface area (TPSA) is 37.3 Å². The lowest BCUT2D eigenvalue weighted by Gasteiger charge is -2.25. The first-order valence-electron chi connectivity index (χ1n) is 8.02. The molecule has 23 heavy (non-hydrogen) atoms. The van der Waals surface area contributed by atoms with E-state index in [1.807, 2.05) is 40.9 Å². The minimum Gasteiger partial charge on any atom is -0.353 e. The zero-order valence-corrected chi connectivity index (χ0v) is 13.3. The van der Waals surface area contributed by atoms with Crippen LogP contribution in [0.15, 0.2) is 42.6 Å². The lowest BCUT2D eigenvalue weighted by molar-refractivity contribution is 0.191. The average Bonchev–Trinajstić information content (AvgIpc) is 3.14. The fourth-order valence-corrected chi connectivity index (χ4v) is 3.20. The third-order valence-corrected chi connectivity index (χ3v) is 4.47. The molecule has 1 aromatic carbocycles. The van der Waals surface area contributed by atoms with Crippen molar-refractivity contribution in [1.29, 1.82) is 0 Å². The van der Waals surface area contributed by atoms with E-state index < -0.39 is 0 Å². The summed E-state index contributed by atoms with van der Waals surface area (Å²) in [5, 5.41) is 2.99. The Morgan fingerprint density at radius 2 is 2.22 bits per heavy atom. The van der Waals surface area contributed by atoms with Gasteiger partial charge in [-0.3, -0.25) is 0 Å². The lowest BCUT2D eigenvalue weighted by Crippen LogP contribution is -2.43. The Morgan fingerprint density at radius 3 is 2.96 bits per heavy atom. The zero-order valence-electron chi connectivity index (χ0n) is 13.3. The minimum absolute atomic E-state index is 0.0369. The molecule has 3 rings (SSSR count). The number of benzene rings is 1. The van der Waals surface area contributed by atoms with Crippen LogP contribution in [0.4, 0.5) is 9.18 Å². The summed E-state index contributed by atoms with van der Waals surface area (Å²) in [7, 11) is 1.96. The molecule has 0 radical (unpaired) electrons. The number of aromatic nitrogens is 1. The average molecular weight is 315 g/mol. The van der Waals surface area contributed by atoms with Gasteiger partial charge in [0, 0.05) is 31.5 Å². The largest absolute Gasteiger partial charge is 0.353 e. The van der Waals surface area contributed by atoms with E-state index >= 15 is 0 Å². The van der Waals surface area contributed by atoms with E-state index in [1.165, 1.54) is 6.07 Å². The van der Waals surface area contributed by atoms with Crippen LogP contribution in [0.5, 0.6) is 0 Å². The van der Waals surface area contributed by atoms with Gasteiger partial charge in [0.15, 0.2) is 0 Å². The van der Waals surface area contributed by atoms with Crippen molar-refractivity contribution in [2.24, 2.45) is 7.05 Å². The molecule has 122 valence electrons. The van der Waals surface area contributed by atoms with Gasteiger partial charge in [-0.25, -0.2) is 9.18 Å². The fraction of sp³-hybridized carbons (Fsp3) is 0.389. The number of nitrogens with zero attached hydrogens (tertiary/aromatic N) is 2. The molecule has 1 saturated heterocycles. The second-order valence-corrected chi connectivity index (χ2v) is 6.09. The van der Waals surface area contributed by atoms with Crippen molar-refractivity contribution in [1.82, 2.24) is 14.8 Å². The smallest absolute Gasteiger partial charge is 0.317 e. The summed E-state index contributed by atoms with van der Waals surface area (Å²) in [5.41, 5.74) is 2.01. The molecule has 2 amide bonds. The van der Waals surface area contributed by atoms with Crippen LogP contribution in [0.2, 0.25) is 0 Å². The van der Waals surface area contributed by atoms with E-state index in [0.717, 1.165) is 30.6 Å². The van der Waals surface area contributed by atoms with Gasteiger partial charge in [0.05, 0.1) is 6.54 Å². The summed E-state index contributed by atoms with van der Waals surface area (Å²) in [6, 6.07) is 10.7. The van der Waals surface area contributed by atoms with Crippen LogP contribution >= 0.6 is 0 Å². The van der Waals surface area contributed by atoms with Gasteiger partial charge in [-0.2, -0.15) is 0 Å². The van der Waals surface area contributed by atoms with Gasteiger partial charge in [-0.05, 0) is 49.1 Å². The molecule has 0 aliphatic carbocycles. The second-order valence-electron chi connectivity index (χ2n) is 6.09. The van der Waals surface area contributed by atoms with Crippen molar-refractivity contribution in [3.8, 4) is 0 Å². The Kier molecular flexibility index (Phi) is 4.65. The molecule has 0 bridgehead atoms. The standard InChI is InChI=1S/C18H22FN3O/c1-21-9-3-8-17(21)13-20-18(23)22-10-4-7-16(22)12-14-5-2-6-15(19)11-14/h2-3,5-6,8-9,11,16H,4,7,10,12-13H2,1H3,(H,20,23). The highest BCUT2D eigenvalue weighted by molar-refractivity contribution is 5.74. The maximum Gasteiger partial charge on any atom is 0.317 e. The van der Waals surface area contributed by atoms with E-state index in [9.17, 15) is 9.18 Å². The Labute approximate surface area is 135 Å². The quantitative estimate of drug-likeness (QED) is 0.925. The third kappa shape index (κ3) is 3.73. The summed E-state index contributed by atoms with van der Waals surface area (Å²) in [5.74, 6) is -0.222. The minimum atomic E-state index is -0.222. The first-order valence-corrected chi connectivity index (χ1v) is 8.02. The highest BCUT2D eigenvalue weighted by atomic mass is 19.1. The fourth-order valence-electron chi connectivity index (χ4n) is 3.20. The first kappa shape index (κ1) is 15.6. The lowest BCUT2D eigenvalue weighted by atomic mass is 10.0. The van der Waals surface area contributed by atoms with Gasteiger partial charge in [-0.1, -0.05) is 12.1 Å². The number of rotatable bonds is 4. The number of amides is 2. The van der Waals surface area contributed by atoms with Crippen molar-refractivity contribution in [3.63, 3.8) is 0 Å². The molecule has 1 aromatic heterocycles. The Bertz CT molecular complexity index is 682. The number of aryl methyl sites for hydroxylation is 1. The number of halogens is 1. The number of urea groups is 1. The van der Waals surface area contributed by atoms with Gasteiger partial charge < -0.3 is 14.8 Å². The van der Waals surface area contributed by atoms with Crippen LogP contribution in [0.3, 0.4) is 0 Å². The molecule has 1 atom stereocenters. The number of likely N-dealkylation sites (tertiary alicyclic amines) is 1. The molecule has 1 unspecified atom stereocenters. The van der Waals surface area contributed by atoms with E-state index in [4.69, 9.17) is 0 Å². The maximum atomic E-state index is 13.3. The van der Waals surface area contributed by atoms with Gasteiger partial charge in [0.2, 0.25) is 0 Å². The summed E-state index contributed by atoms with van der Waals surface area (Å²) >= 11 is 0. The monoisotopic (exact) mass is 315 g/mol. The summed E-state index contributed by atoms with van der Waals surface area (Å²) < 4.78 is 15.3. The van der Waals surface area contributed by atoms with E-state index in [-0.39, 0.29) is 17.9 Å². The maximum absolute atomic E-state index is 13.3. The van der Waals surface area contributed by atoms with Crippen LogP contribution in [-0.4, -0.2) is 28.1 Å². The summed E-state index contributed by atoms with van der Waals surface area (Å²) in [4.78, 5) is 14.3. The summed E-state index contributed by atoms with van der Waals surface area (Å²) in [6.45, 7) is 1.28. The molecule has 1 aliphatic heterocycles. The van der Waals surface area contributed by atoms with Gasteiger partial charge in [-0.15, -0.1) is 0 Å². The van der Waals surface area contributed by atoms with Crippen LogP contribution in [-0.2, 0) is 20.0 Å². The van der Waals surface area contributed by atoms with Crippen molar-refractivity contribution in [2.45, 2.75) is 31.8 Å². The van der Waals surface area contributed by atoms with Gasteiger partial charge >= 0.3 is 6.03 Å². The van der Waals surface area contributed by atoms with Crippen molar-refractivity contribution in [3.05, 3.63) is 59.7 Å². The van der Waals surface area contributed by atoms with Crippen LogP contribution in [0.25, 0.3) is 0 Å². The number of carbonyl (C=O) groups is 1. The van der Waals surface area contributed by atoms with Crippen LogP contribution in [0, 0.1) is 5.82 Å². The van der Waals surface area contributed by atoms with Crippen molar-refractivity contribution < 1.29 is 9.18 Å². The highest BCUT2D eigenvalue weighted by Gasteiger charge is 2.28. The summed E-state index contributed by atoms with van der Waals surface area (Å²) in [6.07, 6.45) is 4.63. The van der Waals surface area contributed by atoms with Gasteiger partial charge in [0.25, 0.3) is 0 Å². The molecule has 1 aliphatic rings. The predicted molar refractivity (Wildman–Crippen MR) is 87.5 cm³/mol. The predicted octanol–water partition coefficient (Wildman–Crippen LogP) is 3.08. The Balaban J connectivity index is 1.59. The van der Waals surface area contributed by atoms with Crippen molar-refractivity contribution >= 4 is 6.03 Å². The normalized spacial score (nSPS) is 17.5. The molecule has 2 aromatic rings. The molecule has 1 N–H and O–H groups in total. The molecular formula is C18H22FN3O. The van der Waals surface area contributed by atoms with Crippen molar-refractivity contribution in [2.75, 3.05) is 6.54 Å². The SMILES string of the molecule is Cn1cccc1CNC(=O)N1CCCC1Cc1cccc(F)c1. The molecule has 4 nitrogen and oxygen atoms in total. The second kappa shape index (κ2) is 6.86. The van der Waals surface area contributed by atoms with Crippen LogP contribution < -0.4 is 5.32 Å². The molecule has 1 fully saturated rings. The molecule has 5 heteroatoms. The Morgan fingerprint density at radius 1 is 1.35 bits per heavy atom. The van der Waals surface area contributed by atoms with E-state index in [0.29, 0.717) is 13.0 Å². The third-order valence-electron chi connectivity index (χ3n) is 4.47. The molecule has 0 spiro atoms. The molecule has 0 saturated carbocycles. The van der Waals surface area contributed by atoms with Gasteiger partial charge in [0.1, 0.15) is 5.82 Å². The number of hydrogen-bond donors (Lipinski definition) is 1. The van der Waals surface area contributed by atoms with E-state index in [1.54, 1.807) is 12.1 Å². The van der Waals surface area contributed by atoms with Crippen LogP contribution in [0.1, 0.15) is 24.1 Å². The Hall–Kier alpha value is -2.30. The number of hydrogen-bond acceptors (Lipinski definition) is 1.